The second kappa shape index (κ2) is 9.95. The van der Waals surface area contributed by atoms with E-state index in [0.717, 1.165) is 27.7 Å². The number of hydrogen-bond acceptors (Lipinski definition) is 4. The van der Waals surface area contributed by atoms with E-state index in [-0.39, 0.29) is 18.0 Å². The highest BCUT2D eigenvalue weighted by Crippen LogP contribution is 2.17. The monoisotopic (exact) mass is 483 g/mol. The molecule has 5 rings (SSSR count). The largest absolute Gasteiger partial charge is 0.345 e. The van der Waals surface area contributed by atoms with Crippen molar-refractivity contribution in [2.75, 3.05) is 0 Å². The highest BCUT2D eigenvalue weighted by atomic mass is 35.5. The van der Waals surface area contributed by atoms with Gasteiger partial charge in [0.2, 0.25) is 0 Å². The standard InChI is InChI=1S/C27H22ClN5O2/c28-22-8-9-23-24(13-22)32-25(31-23)16-30-27(35)21-12-20(14-29-15-21)11-18-4-6-19(7-5-18)17-33-10-2-1-3-26(33)34/h1-10,12-15H,11,16-17H2,(H,30,35)(H,31,32). The van der Waals surface area contributed by atoms with Gasteiger partial charge in [-0.1, -0.05) is 41.9 Å². The molecule has 1 amide bonds. The number of rotatable bonds is 7. The van der Waals surface area contributed by atoms with Crippen LogP contribution in [0.1, 0.15) is 32.9 Å². The van der Waals surface area contributed by atoms with E-state index in [9.17, 15) is 9.59 Å². The van der Waals surface area contributed by atoms with E-state index >= 15 is 0 Å². The summed E-state index contributed by atoms with van der Waals surface area (Å²) in [5.74, 6) is 0.430. The Morgan fingerprint density at radius 2 is 1.80 bits per heavy atom. The van der Waals surface area contributed by atoms with Crippen molar-refractivity contribution in [1.29, 1.82) is 0 Å². The number of halogens is 1. The molecule has 0 fully saturated rings. The van der Waals surface area contributed by atoms with Gasteiger partial charge in [0.15, 0.2) is 0 Å². The Labute approximate surface area is 206 Å². The SMILES string of the molecule is O=C(NCc1nc2ccc(Cl)cc2[nH]1)c1cncc(Cc2ccc(Cn3ccccc3=O)cc2)c1. The topological polar surface area (TPSA) is 92.7 Å². The first-order valence-electron chi connectivity index (χ1n) is 11.1. The fraction of sp³-hybridized carbons (Fsp3) is 0.111. The molecule has 5 aromatic rings. The average molecular weight is 484 g/mol. The van der Waals surface area contributed by atoms with Crippen LogP contribution in [0.5, 0.6) is 0 Å². The lowest BCUT2D eigenvalue weighted by molar-refractivity contribution is 0.0949. The summed E-state index contributed by atoms with van der Waals surface area (Å²) in [6, 6.07) is 20.5. The number of pyridine rings is 2. The predicted octanol–water partition coefficient (Wildman–Crippen LogP) is 4.34. The summed E-state index contributed by atoms with van der Waals surface area (Å²) in [7, 11) is 0. The Hall–Kier alpha value is -4.23. The molecule has 0 aliphatic heterocycles. The fourth-order valence-corrected chi connectivity index (χ4v) is 4.05. The van der Waals surface area contributed by atoms with Gasteiger partial charge in [-0.2, -0.15) is 0 Å². The normalized spacial score (nSPS) is 11.0. The molecular weight excluding hydrogens is 462 g/mol. The minimum Gasteiger partial charge on any atom is -0.345 e. The summed E-state index contributed by atoms with van der Waals surface area (Å²) in [4.78, 5) is 36.5. The van der Waals surface area contributed by atoms with Gasteiger partial charge in [-0.3, -0.25) is 14.6 Å². The van der Waals surface area contributed by atoms with Crippen molar-refractivity contribution in [2.45, 2.75) is 19.5 Å². The summed E-state index contributed by atoms with van der Waals surface area (Å²) in [5, 5.41) is 3.51. The zero-order valence-corrected chi connectivity index (χ0v) is 19.5. The van der Waals surface area contributed by atoms with Crippen molar-refractivity contribution in [2.24, 2.45) is 0 Å². The molecule has 0 saturated heterocycles. The van der Waals surface area contributed by atoms with Gasteiger partial charge in [0.1, 0.15) is 5.82 Å². The van der Waals surface area contributed by atoms with Gasteiger partial charge in [0.05, 0.1) is 29.7 Å². The summed E-state index contributed by atoms with van der Waals surface area (Å²) < 4.78 is 1.67. The van der Waals surface area contributed by atoms with E-state index in [0.29, 0.717) is 29.4 Å². The second-order valence-electron chi connectivity index (χ2n) is 8.27. The van der Waals surface area contributed by atoms with Crippen molar-refractivity contribution < 1.29 is 4.79 Å². The highest BCUT2D eigenvalue weighted by molar-refractivity contribution is 6.31. The minimum absolute atomic E-state index is 0.0255. The van der Waals surface area contributed by atoms with E-state index < -0.39 is 0 Å². The Morgan fingerprint density at radius 1 is 0.971 bits per heavy atom. The second-order valence-corrected chi connectivity index (χ2v) is 8.71. The predicted molar refractivity (Wildman–Crippen MR) is 136 cm³/mol. The lowest BCUT2D eigenvalue weighted by Crippen LogP contribution is -2.23. The quantitative estimate of drug-likeness (QED) is 0.360. The molecule has 174 valence electrons. The number of carbonyl (C=O) groups is 1. The highest BCUT2D eigenvalue weighted by Gasteiger charge is 2.10. The van der Waals surface area contributed by atoms with E-state index in [2.05, 4.69) is 20.3 Å². The number of nitrogens with one attached hydrogen (secondary N) is 2. The van der Waals surface area contributed by atoms with Gasteiger partial charge >= 0.3 is 0 Å². The first-order chi connectivity index (χ1) is 17.0. The van der Waals surface area contributed by atoms with Gasteiger partial charge < -0.3 is 14.9 Å². The maximum atomic E-state index is 12.7. The summed E-state index contributed by atoms with van der Waals surface area (Å²) in [6.07, 6.45) is 5.74. The molecule has 0 saturated carbocycles. The van der Waals surface area contributed by atoms with Crippen LogP contribution in [0.4, 0.5) is 0 Å². The number of aromatic amines is 1. The molecule has 8 heteroatoms. The molecule has 0 radical (unpaired) electrons. The average Bonchev–Trinajstić information content (AvgIpc) is 3.27. The van der Waals surface area contributed by atoms with Crippen LogP contribution in [0, 0.1) is 0 Å². The molecular formula is C27H22ClN5O2. The number of aromatic nitrogens is 4. The minimum atomic E-state index is -0.221. The molecule has 2 aromatic carbocycles. The van der Waals surface area contributed by atoms with Crippen LogP contribution < -0.4 is 10.9 Å². The van der Waals surface area contributed by atoms with Gasteiger partial charge in [-0.15, -0.1) is 0 Å². The smallest absolute Gasteiger partial charge is 0.253 e. The molecule has 7 nitrogen and oxygen atoms in total. The third kappa shape index (κ3) is 5.47. The number of imidazole rings is 1. The molecule has 0 aliphatic carbocycles. The molecule has 0 aliphatic rings. The third-order valence-electron chi connectivity index (χ3n) is 5.65. The van der Waals surface area contributed by atoms with Crippen LogP contribution >= 0.6 is 11.6 Å². The molecule has 0 spiro atoms. The van der Waals surface area contributed by atoms with Gasteiger partial charge in [-0.05, 0) is 53.4 Å². The Kier molecular flexibility index (Phi) is 6.41. The van der Waals surface area contributed by atoms with E-state index in [1.54, 1.807) is 47.4 Å². The van der Waals surface area contributed by atoms with Gasteiger partial charge in [0.25, 0.3) is 11.5 Å². The number of fused-ring (bicyclic) bond motifs is 1. The maximum Gasteiger partial charge on any atom is 0.253 e. The van der Waals surface area contributed by atoms with Crippen molar-refractivity contribution in [3.8, 4) is 0 Å². The number of benzene rings is 2. The number of carbonyl (C=O) groups excluding carboxylic acids is 1. The van der Waals surface area contributed by atoms with Crippen molar-refractivity contribution in [3.63, 3.8) is 0 Å². The van der Waals surface area contributed by atoms with Crippen LogP contribution in [0.15, 0.2) is 90.1 Å². The lowest BCUT2D eigenvalue weighted by Gasteiger charge is -2.08. The fourth-order valence-electron chi connectivity index (χ4n) is 3.88. The van der Waals surface area contributed by atoms with Crippen LogP contribution in [-0.2, 0) is 19.5 Å². The van der Waals surface area contributed by atoms with E-state index in [4.69, 9.17) is 11.6 Å². The van der Waals surface area contributed by atoms with E-state index in [1.807, 2.05) is 42.5 Å². The molecule has 0 unspecified atom stereocenters. The van der Waals surface area contributed by atoms with Crippen LogP contribution in [0.2, 0.25) is 5.02 Å². The lowest BCUT2D eigenvalue weighted by atomic mass is 10.0. The number of amides is 1. The van der Waals surface area contributed by atoms with Crippen molar-refractivity contribution in [3.05, 3.63) is 129 Å². The molecule has 35 heavy (non-hydrogen) atoms. The Balaban J connectivity index is 1.21. The summed E-state index contributed by atoms with van der Waals surface area (Å²) in [5.41, 5.74) is 5.15. The zero-order chi connectivity index (χ0) is 24.2. The third-order valence-corrected chi connectivity index (χ3v) is 5.88. The van der Waals surface area contributed by atoms with Gasteiger partial charge in [-0.25, -0.2) is 4.98 Å². The van der Waals surface area contributed by atoms with E-state index in [1.165, 1.54) is 0 Å². The molecule has 3 aromatic heterocycles. The molecule has 0 bridgehead atoms. The number of hydrogen-bond donors (Lipinski definition) is 2. The Morgan fingerprint density at radius 3 is 2.63 bits per heavy atom. The first kappa shape index (κ1) is 22.6. The van der Waals surface area contributed by atoms with Crippen LogP contribution in [0.3, 0.4) is 0 Å². The molecule has 2 N–H and O–H groups in total. The first-order valence-corrected chi connectivity index (χ1v) is 11.5. The van der Waals surface area contributed by atoms with Crippen molar-refractivity contribution in [1.82, 2.24) is 24.8 Å². The summed E-state index contributed by atoms with van der Waals surface area (Å²) in [6.45, 7) is 0.788. The maximum absolute atomic E-state index is 12.7. The number of H-pyrrole nitrogens is 1. The summed E-state index contributed by atoms with van der Waals surface area (Å²) >= 11 is 6.02. The molecule has 0 atom stereocenters. The van der Waals surface area contributed by atoms with Crippen LogP contribution in [-0.4, -0.2) is 25.4 Å². The Bertz CT molecular complexity index is 1560. The molecule has 3 heterocycles. The van der Waals surface area contributed by atoms with Gasteiger partial charge in [0, 0.05) is 29.7 Å². The zero-order valence-electron chi connectivity index (χ0n) is 18.7. The number of nitrogens with zero attached hydrogens (tertiary/aromatic N) is 3. The van der Waals surface area contributed by atoms with Crippen molar-refractivity contribution >= 4 is 28.5 Å². The van der Waals surface area contributed by atoms with Crippen LogP contribution in [0.25, 0.3) is 11.0 Å².